The Morgan fingerprint density at radius 3 is 2.80 bits per heavy atom. The highest BCUT2D eigenvalue weighted by atomic mass is 35.5. The van der Waals surface area contributed by atoms with E-state index in [1.165, 1.54) is 22.2 Å². The van der Waals surface area contributed by atoms with Gasteiger partial charge < -0.3 is 4.74 Å². The van der Waals surface area contributed by atoms with E-state index < -0.39 is 5.97 Å². The van der Waals surface area contributed by atoms with Crippen LogP contribution in [0.1, 0.15) is 19.8 Å². The molecule has 0 spiro atoms. The van der Waals surface area contributed by atoms with Gasteiger partial charge in [0, 0.05) is 16.0 Å². The van der Waals surface area contributed by atoms with Crippen molar-refractivity contribution in [3.8, 4) is 11.1 Å². The van der Waals surface area contributed by atoms with E-state index in [2.05, 4.69) is 4.98 Å². The molecule has 0 saturated carbocycles. The Morgan fingerprint density at radius 2 is 2.08 bits per heavy atom. The van der Waals surface area contributed by atoms with Crippen molar-refractivity contribution in [2.75, 3.05) is 6.61 Å². The molecule has 0 N–H and O–H groups in total. The SMILES string of the molecule is CCCCOC(=O)Cn1cnc2scc(-c3ccc(Cl)cc3)c2c1=O. The Hall–Kier alpha value is -2.18. The molecule has 0 radical (unpaired) electrons. The van der Waals surface area contributed by atoms with Crippen molar-refractivity contribution in [2.24, 2.45) is 0 Å². The molecule has 0 aliphatic carbocycles. The largest absolute Gasteiger partial charge is 0.464 e. The summed E-state index contributed by atoms with van der Waals surface area (Å²) in [6.07, 6.45) is 3.15. The predicted molar refractivity (Wildman–Crippen MR) is 100 cm³/mol. The molecule has 2 heterocycles. The van der Waals surface area contributed by atoms with Crippen LogP contribution in [0.2, 0.25) is 5.02 Å². The molecule has 0 amide bonds. The Bertz CT molecular complexity index is 947. The van der Waals surface area contributed by atoms with Gasteiger partial charge in [0.05, 0.1) is 18.3 Å². The van der Waals surface area contributed by atoms with Gasteiger partial charge in [-0.15, -0.1) is 11.3 Å². The Morgan fingerprint density at radius 1 is 1.32 bits per heavy atom. The van der Waals surface area contributed by atoms with Gasteiger partial charge in [-0.05, 0) is 24.1 Å². The third-order valence-corrected chi connectivity index (χ3v) is 4.91. The second kappa shape index (κ2) is 7.80. The number of hydrogen-bond donors (Lipinski definition) is 0. The molecule has 130 valence electrons. The fourth-order valence-electron chi connectivity index (χ4n) is 2.44. The van der Waals surface area contributed by atoms with Crippen molar-refractivity contribution in [1.82, 2.24) is 9.55 Å². The van der Waals surface area contributed by atoms with Crippen molar-refractivity contribution >= 4 is 39.1 Å². The summed E-state index contributed by atoms with van der Waals surface area (Å²) in [5.41, 5.74) is 1.43. The number of rotatable bonds is 6. The number of benzene rings is 1. The van der Waals surface area contributed by atoms with E-state index in [1.54, 1.807) is 12.1 Å². The lowest BCUT2D eigenvalue weighted by Crippen LogP contribution is -2.25. The highest BCUT2D eigenvalue weighted by Gasteiger charge is 2.15. The quantitative estimate of drug-likeness (QED) is 0.479. The van der Waals surface area contributed by atoms with Crippen LogP contribution in [0.5, 0.6) is 0 Å². The van der Waals surface area contributed by atoms with Gasteiger partial charge in [0.1, 0.15) is 11.4 Å². The lowest BCUT2D eigenvalue weighted by atomic mass is 10.1. The number of aromatic nitrogens is 2. The number of carbonyl (C=O) groups is 1. The Kier molecular flexibility index (Phi) is 5.50. The van der Waals surface area contributed by atoms with Crippen LogP contribution >= 0.6 is 22.9 Å². The molecule has 3 rings (SSSR count). The maximum atomic E-state index is 12.8. The molecule has 0 saturated heterocycles. The molecule has 0 atom stereocenters. The van der Waals surface area contributed by atoms with Crippen molar-refractivity contribution in [3.05, 3.63) is 51.3 Å². The van der Waals surface area contributed by atoms with Crippen LogP contribution in [0, 0.1) is 0 Å². The lowest BCUT2D eigenvalue weighted by molar-refractivity contribution is -0.144. The second-order valence-corrected chi connectivity index (χ2v) is 6.88. The van der Waals surface area contributed by atoms with Crippen LogP contribution in [0.15, 0.2) is 40.8 Å². The molecule has 0 aliphatic heterocycles. The number of carbonyl (C=O) groups excluding carboxylic acids is 1. The Balaban J connectivity index is 1.93. The van der Waals surface area contributed by atoms with Crippen molar-refractivity contribution < 1.29 is 9.53 Å². The fraction of sp³-hybridized carbons (Fsp3) is 0.278. The average molecular weight is 377 g/mol. The van der Waals surface area contributed by atoms with Crippen LogP contribution in [-0.2, 0) is 16.1 Å². The van der Waals surface area contributed by atoms with E-state index in [1.807, 2.05) is 24.4 Å². The minimum Gasteiger partial charge on any atom is -0.464 e. The van der Waals surface area contributed by atoms with E-state index >= 15 is 0 Å². The first kappa shape index (κ1) is 17.6. The summed E-state index contributed by atoms with van der Waals surface area (Å²) in [6, 6.07) is 7.28. The van der Waals surface area contributed by atoms with Crippen LogP contribution in [0.3, 0.4) is 0 Å². The summed E-state index contributed by atoms with van der Waals surface area (Å²) in [4.78, 5) is 29.6. The van der Waals surface area contributed by atoms with Crippen molar-refractivity contribution in [2.45, 2.75) is 26.3 Å². The van der Waals surface area contributed by atoms with Crippen LogP contribution in [0.25, 0.3) is 21.3 Å². The van der Waals surface area contributed by atoms with Crippen LogP contribution in [-0.4, -0.2) is 22.1 Å². The molecule has 7 heteroatoms. The number of fused-ring (bicyclic) bond motifs is 1. The average Bonchev–Trinajstić information content (AvgIpc) is 3.03. The lowest BCUT2D eigenvalue weighted by Gasteiger charge is -2.07. The number of nitrogens with zero attached hydrogens (tertiary/aromatic N) is 2. The molecule has 0 bridgehead atoms. The molecular formula is C18H17ClN2O3S. The molecule has 1 aromatic carbocycles. The molecule has 0 fully saturated rings. The summed E-state index contributed by atoms with van der Waals surface area (Å²) in [5, 5.41) is 3.04. The number of esters is 1. The summed E-state index contributed by atoms with van der Waals surface area (Å²) in [5.74, 6) is -0.431. The third-order valence-electron chi connectivity index (χ3n) is 3.78. The summed E-state index contributed by atoms with van der Waals surface area (Å²) >= 11 is 7.33. The molecule has 0 unspecified atom stereocenters. The fourth-order valence-corrected chi connectivity index (χ4v) is 3.47. The standard InChI is InChI=1S/C18H17ClN2O3S/c1-2-3-8-24-15(22)9-21-11-20-17-16(18(21)23)14(10-25-17)12-4-6-13(19)7-5-12/h4-7,10-11H,2-3,8-9H2,1H3. The first-order valence-corrected chi connectivity index (χ1v) is 9.24. The van der Waals surface area contributed by atoms with Crippen molar-refractivity contribution in [3.63, 3.8) is 0 Å². The molecule has 5 nitrogen and oxygen atoms in total. The van der Waals surface area contributed by atoms with Gasteiger partial charge in [-0.25, -0.2) is 4.98 Å². The first-order valence-electron chi connectivity index (χ1n) is 7.98. The normalized spacial score (nSPS) is 11.0. The number of halogens is 1. The predicted octanol–water partition coefficient (Wildman–Crippen LogP) is 4.12. The molecule has 3 aromatic rings. The van der Waals surface area contributed by atoms with E-state index in [0.717, 1.165) is 24.0 Å². The van der Waals surface area contributed by atoms with E-state index in [0.29, 0.717) is 21.8 Å². The van der Waals surface area contributed by atoms with E-state index in [-0.39, 0.29) is 12.1 Å². The molecule has 2 aromatic heterocycles. The van der Waals surface area contributed by atoms with Crippen LogP contribution < -0.4 is 5.56 Å². The Labute approximate surface area is 153 Å². The van der Waals surface area contributed by atoms with Gasteiger partial charge in [-0.1, -0.05) is 37.1 Å². The van der Waals surface area contributed by atoms with E-state index in [4.69, 9.17) is 16.3 Å². The number of ether oxygens (including phenoxy) is 1. The number of thiophene rings is 1. The zero-order valence-corrected chi connectivity index (χ0v) is 15.3. The van der Waals surface area contributed by atoms with Gasteiger partial charge in [0.25, 0.3) is 5.56 Å². The third kappa shape index (κ3) is 3.91. The van der Waals surface area contributed by atoms with Gasteiger partial charge in [-0.3, -0.25) is 14.2 Å². The van der Waals surface area contributed by atoms with Gasteiger partial charge in [0.15, 0.2) is 0 Å². The number of unbranched alkanes of at least 4 members (excludes halogenated alkanes) is 1. The molecule has 25 heavy (non-hydrogen) atoms. The molecular weight excluding hydrogens is 360 g/mol. The summed E-state index contributed by atoms with van der Waals surface area (Å²) in [6.45, 7) is 2.25. The summed E-state index contributed by atoms with van der Waals surface area (Å²) in [7, 11) is 0. The monoisotopic (exact) mass is 376 g/mol. The zero-order valence-electron chi connectivity index (χ0n) is 13.7. The minimum absolute atomic E-state index is 0.138. The van der Waals surface area contributed by atoms with Gasteiger partial charge in [0.2, 0.25) is 0 Å². The molecule has 0 aliphatic rings. The smallest absolute Gasteiger partial charge is 0.326 e. The topological polar surface area (TPSA) is 61.2 Å². The van der Waals surface area contributed by atoms with Gasteiger partial charge >= 0.3 is 5.97 Å². The highest BCUT2D eigenvalue weighted by molar-refractivity contribution is 7.17. The van der Waals surface area contributed by atoms with Crippen LogP contribution in [0.4, 0.5) is 0 Å². The highest BCUT2D eigenvalue weighted by Crippen LogP contribution is 2.31. The summed E-state index contributed by atoms with van der Waals surface area (Å²) < 4.78 is 6.42. The minimum atomic E-state index is -0.431. The first-order chi connectivity index (χ1) is 12.1. The zero-order chi connectivity index (χ0) is 17.8. The van der Waals surface area contributed by atoms with Crippen molar-refractivity contribution in [1.29, 1.82) is 0 Å². The maximum Gasteiger partial charge on any atom is 0.326 e. The number of hydrogen-bond acceptors (Lipinski definition) is 5. The van der Waals surface area contributed by atoms with Gasteiger partial charge in [-0.2, -0.15) is 0 Å². The maximum absolute atomic E-state index is 12.8. The second-order valence-electron chi connectivity index (χ2n) is 5.59. The van der Waals surface area contributed by atoms with E-state index in [9.17, 15) is 9.59 Å².